The summed E-state index contributed by atoms with van der Waals surface area (Å²) in [5, 5.41) is 3.57. The summed E-state index contributed by atoms with van der Waals surface area (Å²) in [7, 11) is 4.08. The first-order valence-corrected chi connectivity index (χ1v) is 7.37. The lowest BCUT2D eigenvalue weighted by atomic mass is 10.1. The number of furan rings is 1. The van der Waals surface area contributed by atoms with Crippen molar-refractivity contribution in [2.45, 2.75) is 24.9 Å². The number of hydrogen-bond acceptors (Lipinski definition) is 3. The molecule has 2 unspecified atom stereocenters. The van der Waals surface area contributed by atoms with Crippen LogP contribution in [-0.4, -0.2) is 25.5 Å². The molecule has 2 atom stereocenters. The summed E-state index contributed by atoms with van der Waals surface area (Å²) < 4.78 is 19.3. The van der Waals surface area contributed by atoms with Crippen molar-refractivity contribution in [3.8, 4) is 0 Å². The molecule has 4 heteroatoms. The van der Waals surface area contributed by atoms with E-state index in [1.54, 1.807) is 18.4 Å². The molecule has 3 rings (SSSR count). The molecular weight excluding hydrogens is 267 g/mol. The van der Waals surface area contributed by atoms with E-state index >= 15 is 0 Å². The van der Waals surface area contributed by atoms with Crippen molar-refractivity contribution in [1.82, 2.24) is 10.2 Å². The van der Waals surface area contributed by atoms with Crippen molar-refractivity contribution in [3.63, 3.8) is 0 Å². The van der Waals surface area contributed by atoms with Gasteiger partial charge < -0.3 is 9.73 Å². The number of rotatable bonds is 5. The molecule has 0 aliphatic heterocycles. The average molecular weight is 288 g/mol. The van der Waals surface area contributed by atoms with Gasteiger partial charge in [-0.3, -0.25) is 4.90 Å². The van der Waals surface area contributed by atoms with Gasteiger partial charge in [0.2, 0.25) is 0 Å². The largest absolute Gasteiger partial charge is 0.468 e. The zero-order chi connectivity index (χ0) is 14.8. The summed E-state index contributed by atoms with van der Waals surface area (Å²) in [6.45, 7) is 0.779. The monoisotopic (exact) mass is 288 g/mol. The second-order valence-electron chi connectivity index (χ2n) is 5.80. The highest BCUT2D eigenvalue weighted by Gasteiger charge is 2.26. The highest BCUT2D eigenvalue weighted by atomic mass is 19.1. The predicted octanol–water partition coefficient (Wildman–Crippen LogP) is 3.30. The minimum atomic E-state index is -0.0769. The molecule has 21 heavy (non-hydrogen) atoms. The third-order valence-corrected chi connectivity index (χ3v) is 4.27. The van der Waals surface area contributed by atoms with Gasteiger partial charge in [0.1, 0.15) is 11.6 Å². The number of hydrogen-bond donors (Lipinski definition) is 1. The maximum atomic E-state index is 13.8. The lowest BCUT2D eigenvalue weighted by Gasteiger charge is -2.25. The fourth-order valence-electron chi connectivity index (χ4n) is 3.09. The van der Waals surface area contributed by atoms with E-state index in [9.17, 15) is 4.39 Å². The Labute approximate surface area is 124 Å². The summed E-state index contributed by atoms with van der Waals surface area (Å²) in [6, 6.07) is 9.68. The fraction of sp³-hybridized carbons (Fsp3) is 0.412. The Morgan fingerprint density at radius 2 is 2.19 bits per heavy atom. The van der Waals surface area contributed by atoms with Gasteiger partial charge in [0.15, 0.2) is 0 Å². The van der Waals surface area contributed by atoms with Gasteiger partial charge in [0.25, 0.3) is 0 Å². The van der Waals surface area contributed by atoms with E-state index in [1.165, 1.54) is 0 Å². The van der Waals surface area contributed by atoms with E-state index in [0.717, 1.165) is 36.3 Å². The van der Waals surface area contributed by atoms with Crippen LogP contribution in [0.25, 0.3) is 0 Å². The number of nitrogens with zero attached hydrogens (tertiary/aromatic N) is 1. The Hall–Kier alpha value is -1.65. The smallest absolute Gasteiger partial charge is 0.126 e. The lowest BCUT2D eigenvalue weighted by molar-refractivity contribution is 0.243. The molecule has 112 valence electrons. The molecule has 1 aromatic heterocycles. The molecule has 0 saturated carbocycles. The van der Waals surface area contributed by atoms with Crippen molar-refractivity contribution in [3.05, 3.63) is 59.3 Å². The quantitative estimate of drug-likeness (QED) is 0.915. The molecule has 0 bridgehead atoms. The Bertz CT molecular complexity index is 595. The van der Waals surface area contributed by atoms with Gasteiger partial charge in [-0.15, -0.1) is 0 Å². The molecular formula is C17H21FN2O. The SMILES string of the molecule is CN(C)C(CNC1CCc2c(F)cccc21)c1ccco1. The first-order chi connectivity index (χ1) is 10.2. The molecule has 1 aromatic carbocycles. The lowest BCUT2D eigenvalue weighted by Crippen LogP contribution is -2.32. The van der Waals surface area contributed by atoms with E-state index in [2.05, 4.69) is 10.2 Å². The maximum Gasteiger partial charge on any atom is 0.126 e. The van der Waals surface area contributed by atoms with E-state index < -0.39 is 0 Å². The molecule has 3 nitrogen and oxygen atoms in total. The minimum absolute atomic E-state index is 0.0769. The minimum Gasteiger partial charge on any atom is -0.468 e. The molecule has 0 saturated heterocycles. The Morgan fingerprint density at radius 3 is 2.90 bits per heavy atom. The van der Waals surface area contributed by atoms with Gasteiger partial charge in [-0.1, -0.05) is 12.1 Å². The van der Waals surface area contributed by atoms with Crippen LogP contribution in [0.2, 0.25) is 0 Å². The van der Waals surface area contributed by atoms with Crippen LogP contribution in [0.15, 0.2) is 41.0 Å². The van der Waals surface area contributed by atoms with Gasteiger partial charge in [0.05, 0.1) is 12.3 Å². The van der Waals surface area contributed by atoms with E-state index in [1.807, 2.05) is 32.3 Å². The van der Waals surface area contributed by atoms with E-state index in [-0.39, 0.29) is 17.9 Å². The second-order valence-corrected chi connectivity index (χ2v) is 5.80. The summed E-state index contributed by atoms with van der Waals surface area (Å²) in [5.74, 6) is 0.872. The average Bonchev–Trinajstić information content (AvgIpc) is 3.09. The molecule has 1 N–H and O–H groups in total. The number of halogens is 1. The topological polar surface area (TPSA) is 28.4 Å². The number of benzene rings is 1. The second kappa shape index (κ2) is 6.00. The van der Waals surface area contributed by atoms with Gasteiger partial charge >= 0.3 is 0 Å². The highest BCUT2D eigenvalue weighted by Crippen LogP contribution is 2.33. The number of nitrogens with one attached hydrogen (secondary N) is 1. The van der Waals surface area contributed by atoms with Crippen LogP contribution < -0.4 is 5.32 Å². The van der Waals surface area contributed by atoms with Crippen molar-refractivity contribution < 1.29 is 8.81 Å². The van der Waals surface area contributed by atoms with Crippen LogP contribution in [0, 0.1) is 5.82 Å². The van der Waals surface area contributed by atoms with Crippen LogP contribution in [-0.2, 0) is 6.42 Å². The molecule has 1 aliphatic carbocycles. The summed E-state index contributed by atoms with van der Waals surface area (Å²) >= 11 is 0. The molecule has 1 heterocycles. The molecule has 0 radical (unpaired) electrons. The normalized spacial score (nSPS) is 19.0. The Balaban J connectivity index is 1.70. The van der Waals surface area contributed by atoms with E-state index in [4.69, 9.17) is 4.42 Å². The number of likely N-dealkylation sites (N-methyl/N-ethyl adjacent to an activating group) is 1. The summed E-state index contributed by atoms with van der Waals surface area (Å²) in [4.78, 5) is 2.13. The molecule has 1 aliphatic rings. The summed E-state index contributed by atoms with van der Waals surface area (Å²) in [6.07, 6.45) is 3.47. The maximum absolute atomic E-state index is 13.8. The third-order valence-electron chi connectivity index (χ3n) is 4.27. The standard InChI is InChI=1S/C17H21FN2O/c1-20(2)16(17-7-4-10-21-17)11-19-15-9-8-12-13(15)5-3-6-14(12)18/h3-7,10,15-16,19H,8-9,11H2,1-2H3. The van der Waals surface area contributed by atoms with Gasteiger partial charge in [0, 0.05) is 12.6 Å². The zero-order valence-corrected chi connectivity index (χ0v) is 12.5. The van der Waals surface area contributed by atoms with Crippen molar-refractivity contribution in [2.24, 2.45) is 0 Å². The molecule has 0 amide bonds. The van der Waals surface area contributed by atoms with Crippen LogP contribution in [0.3, 0.4) is 0 Å². The highest BCUT2D eigenvalue weighted by molar-refractivity contribution is 5.35. The first kappa shape index (κ1) is 14.3. The predicted molar refractivity (Wildman–Crippen MR) is 80.6 cm³/mol. The van der Waals surface area contributed by atoms with E-state index in [0.29, 0.717) is 0 Å². The van der Waals surface area contributed by atoms with Crippen LogP contribution in [0.4, 0.5) is 4.39 Å². The van der Waals surface area contributed by atoms with Crippen molar-refractivity contribution >= 4 is 0 Å². The van der Waals surface area contributed by atoms with Crippen LogP contribution in [0.5, 0.6) is 0 Å². The number of fused-ring (bicyclic) bond motifs is 1. The third kappa shape index (κ3) is 2.87. The Kier molecular flexibility index (Phi) is 4.08. The van der Waals surface area contributed by atoms with Gasteiger partial charge in [-0.2, -0.15) is 0 Å². The Morgan fingerprint density at radius 1 is 1.33 bits per heavy atom. The van der Waals surface area contributed by atoms with Gasteiger partial charge in [-0.05, 0) is 56.3 Å². The molecule has 0 spiro atoms. The van der Waals surface area contributed by atoms with Crippen LogP contribution in [0.1, 0.15) is 35.4 Å². The first-order valence-electron chi connectivity index (χ1n) is 7.37. The van der Waals surface area contributed by atoms with Gasteiger partial charge in [-0.25, -0.2) is 4.39 Å². The van der Waals surface area contributed by atoms with Crippen LogP contribution >= 0.6 is 0 Å². The zero-order valence-electron chi connectivity index (χ0n) is 12.5. The van der Waals surface area contributed by atoms with Crippen molar-refractivity contribution in [2.75, 3.05) is 20.6 Å². The molecule has 0 fully saturated rings. The summed E-state index contributed by atoms with van der Waals surface area (Å²) in [5.41, 5.74) is 1.97. The fourth-order valence-corrected chi connectivity index (χ4v) is 3.09. The molecule has 2 aromatic rings. The van der Waals surface area contributed by atoms with Crippen molar-refractivity contribution in [1.29, 1.82) is 0 Å².